The van der Waals surface area contributed by atoms with Gasteiger partial charge in [0.05, 0.1) is 6.61 Å². The van der Waals surface area contributed by atoms with Gasteiger partial charge in [-0.25, -0.2) is 0 Å². The number of esters is 1. The van der Waals surface area contributed by atoms with Crippen LogP contribution in [0.1, 0.15) is 19.3 Å². The fraction of sp³-hybridized carbons (Fsp3) is 0.875. The molecule has 2 atom stereocenters. The molecule has 0 aromatic rings. The lowest BCUT2D eigenvalue weighted by atomic mass is 10.2. The molecule has 1 aliphatic rings. The van der Waals surface area contributed by atoms with Gasteiger partial charge in [0, 0.05) is 13.0 Å². The van der Waals surface area contributed by atoms with Crippen LogP contribution in [0.15, 0.2) is 0 Å². The quantitative estimate of drug-likeness (QED) is 0.574. The summed E-state index contributed by atoms with van der Waals surface area (Å²) < 4.78 is 10.2. The maximum atomic E-state index is 11.1. The van der Waals surface area contributed by atoms with Crippen LogP contribution in [0.2, 0.25) is 0 Å². The maximum absolute atomic E-state index is 11.1. The Morgan fingerprint density at radius 3 is 2.92 bits per heavy atom. The van der Waals surface area contributed by atoms with Gasteiger partial charge in [0.25, 0.3) is 0 Å². The highest BCUT2D eigenvalue weighted by molar-refractivity contribution is 5.75. The van der Waals surface area contributed by atoms with E-state index < -0.39 is 18.3 Å². The Hall–Kier alpha value is -0.650. The molecule has 5 heteroatoms. The van der Waals surface area contributed by atoms with Crippen molar-refractivity contribution in [2.24, 2.45) is 11.5 Å². The Bertz CT molecular complexity index is 169. The standard InChI is InChI=1S/C8H16N2O3/c9-5-6(10)8(11)13-7-3-1-2-4-12-7/h6-7H,1-5,9-10H2. The van der Waals surface area contributed by atoms with Crippen molar-refractivity contribution in [3.63, 3.8) is 0 Å². The Labute approximate surface area is 77.4 Å². The minimum atomic E-state index is -0.731. The zero-order valence-corrected chi connectivity index (χ0v) is 7.57. The fourth-order valence-corrected chi connectivity index (χ4v) is 1.12. The molecule has 0 amide bonds. The van der Waals surface area contributed by atoms with Gasteiger partial charge in [0.15, 0.2) is 0 Å². The number of nitrogens with two attached hydrogens (primary N) is 2. The first-order chi connectivity index (χ1) is 6.24. The number of carbonyl (C=O) groups is 1. The molecular weight excluding hydrogens is 172 g/mol. The summed E-state index contributed by atoms with van der Waals surface area (Å²) >= 11 is 0. The highest BCUT2D eigenvalue weighted by atomic mass is 16.7. The lowest BCUT2D eigenvalue weighted by Crippen LogP contribution is -2.41. The van der Waals surface area contributed by atoms with Crippen LogP contribution in [0.3, 0.4) is 0 Å². The zero-order chi connectivity index (χ0) is 9.68. The van der Waals surface area contributed by atoms with E-state index in [9.17, 15) is 4.79 Å². The van der Waals surface area contributed by atoms with Crippen LogP contribution in [-0.4, -0.2) is 31.5 Å². The van der Waals surface area contributed by atoms with E-state index in [0.717, 1.165) is 19.3 Å². The van der Waals surface area contributed by atoms with Crippen molar-refractivity contribution in [3.8, 4) is 0 Å². The molecule has 0 aliphatic carbocycles. The molecule has 0 spiro atoms. The summed E-state index contributed by atoms with van der Waals surface area (Å²) in [6.07, 6.45) is 2.38. The average molecular weight is 188 g/mol. The van der Waals surface area contributed by atoms with E-state index in [1.54, 1.807) is 0 Å². The third-order valence-corrected chi connectivity index (χ3v) is 1.94. The van der Waals surface area contributed by atoms with Crippen LogP contribution < -0.4 is 11.5 Å². The first-order valence-electron chi connectivity index (χ1n) is 4.52. The first-order valence-corrected chi connectivity index (χ1v) is 4.52. The monoisotopic (exact) mass is 188 g/mol. The van der Waals surface area contributed by atoms with E-state index in [-0.39, 0.29) is 6.54 Å². The van der Waals surface area contributed by atoms with Gasteiger partial charge in [0.1, 0.15) is 6.04 Å². The summed E-state index contributed by atoms with van der Waals surface area (Å²) in [7, 11) is 0. The van der Waals surface area contributed by atoms with E-state index in [1.165, 1.54) is 0 Å². The molecular formula is C8H16N2O3. The van der Waals surface area contributed by atoms with E-state index in [2.05, 4.69) is 0 Å². The summed E-state index contributed by atoms with van der Waals surface area (Å²) in [4.78, 5) is 11.1. The molecule has 2 unspecified atom stereocenters. The summed E-state index contributed by atoms with van der Waals surface area (Å²) in [5.41, 5.74) is 10.6. The fourth-order valence-electron chi connectivity index (χ4n) is 1.12. The average Bonchev–Trinajstić information content (AvgIpc) is 2.18. The summed E-state index contributed by atoms with van der Waals surface area (Å²) in [5.74, 6) is -0.477. The molecule has 0 aromatic heterocycles. The second-order valence-corrected chi connectivity index (χ2v) is 3.08. The van der Waals surface area contributed by atoms with E-state index >= 15 is 0 Å². The van der Waals surface area contributed by atoms with Crippen LogP contribution in [0.25, 0.3) is 0 Å². The molecule has 0 bridgehead atoms. The van der Waals surface area contributed by atoms with Crippen LogP contribution in [-0.2, 0) is 14.3 Å². The Morgan fingerprint density at radius 2 is 2.38 bits per heavy atom. The SMILES string of the molecule is NCC(N)C(=O)OC1CCCCO1. The number of ether oxygens (including phenoxy) is 2. The third-order valence-electron chi connectivity index (χ3n) is 1.94. The number of hydrogen-bond donors (Lipinski definition) is 2. The van der Waals surface area contributed by atoms with Crippen molar-refractivity contribution < 1.29 is 14.3 Å². The Balaban J connectivity index is 2.26. The molecule has 76 valence electrons. The Kier molecular flexibility index (Phi) is 4.14. The van der Waals surface area contributed by atoms with Gasteiger partial charge in [-0.1, -0.05) is 0 Å². The molecule has 0 saturated carbocycles. The summed E-state index contributed by atoms with van der Waals surface area (Å²) in [6, 6.07) is -0.731. The second-order valence-electron chi connectivity index (χ2n) is 3.08. The predicted molar refractivity (Wildman–Crippen MR) is 46.7 cm³/mol. The van der Waals surface area contributed by atoms with Crippen molar-refractivity contribution in [1.82, 2.24) is 0 Å². The van der Waals surface area contributed by atoms with Crippen molar-refractivity contribution >= 4 is 5.97 Å². The number of hydrogen-bond acceptors (Lipinski definition) is 5. The summed E-state index contributed by atoms with van der Waals surface area (Å²) in [6.45, 7) is 0.751. The smallest absolute Gasteiger partial charge is 0.326 e. The number of rotatable bonds is 3. The molecule has 1 fully saturated rings. The van der Waals surface area contributed by atoms with Gasteiger partial charge in [0.2, 0.25) is 6.29 Å². The molecule has 1 aliphatic heterocycles. The lowest BCUT2D eigenvalue weighted by Gasteiger charge is -2.23. The normalized spacial score (nSPS) is 25.2. The molecule has 4 N–H and O–H groups in total. The summed E-state index contributed by atoms with van der Waals surface area (Å²) in [5, 5.41) is 0. The van der Waals surface area contributed by atoms with Crippen molar-refractivity contribution in [2.45, 2.75) is 31.6 Å². The van der Waals surface area contributed by atoms with E-state index in [4.69, 9.17) is 20.9 Å². The van der Waals surface area contributed by atoms with Gasteiger partial charge >= 0.3 is 5.97 Å². The molecule has 1 rings (SSSR count). The largest absolute Gasteiger partial charge is 0.435 e. The van der Waals surface area contributed by atoms with Crippen LogP contribution in [0.4, 0.5) is 0 Å². The van der Waals surface area contributed by atoms with Crippen LogP contribution in [0, 0.1) is 0 Å². The van der Waals surface area contributed by atoms with Gasteiger partial charge in [-0.15, -0.1) is 0 Å². The predicted octanol–water partition coefficient (Wildman–Crippen LogP) is -0.658. The topological polar surface area (TPSA) is 87.6 Å². The molecule has 0 aromatic carbocycles. The van der Waals surface area contributed by atoms with Crippen molar-refractivity contribution in [1.29, 1.82) is 0 Å². The van der Waals surface area contributed by atoms with E-state index in [0.29, 0.717) is 6.61 Å². The van der Waals surface area contributed by atoms with Crippen molar-refractivity contribution in [3.05, 3.63) is 0 Å². The second kappa shape index (κ2) is 5.16. The van der Waals surface area contributed by atoms with Gasteiger partial charge in [-0.2, -0.15) is 0 Å². The van der Waals surface area contributed by atoms with E-state index in [1.807, 2.05) is 0 Å². The van der Waals surface area contributed by atoms with Gasteiger partial charge < -0.3 is 20.9 Å². The number of carbonyl (C=O) groups excluding carboxylic acids is 1. The highest BCUT2D eigenvalue weighted by Gasteiger charge is 2.21. The third kappa shape index (κ3) is 3.30. The van der Waals surface area contributed by atoms with Crippen molar-refractivity contribution in [2.75, 3.05) is 13.2 Å². The lowest BCUT2D eigenvalue weighted by molar-refractivity contribution is -0.187. The van der Waals surface area contributed by atoms with Crippen LogP contribution >= 0.6 is 0 Å². The first kappa shape index (κ1) is 10.4. The maximum Gasteiger partial charge on any atom is 0.326 e. The molecule has 1 heterocycles. The highest BCUT2D eigenvalue weighted by Crippen LogP contribution is 2.13. The molecule has 5 nitrogen and oxygen atoms in total. The molecule has 0 radical (unpaired) electrons. The molecule has 1 saturated heterocycles. The Morgan fingerprint density at radius 1 is 1.62 bits per heavy atom. The minimum absolute atomic E-state index is 0.103. The van der Waals surface area contributed by atoms with Gasteiger partial charge in [-0.3, -0.25) is 4.79 Å². The van der Waals surface area contributed by atoms with Gasteiger partial charge in [-0.05, 0) is 12.8 Å². The molecule has 13 heavy (non-hydrogen) atoms. The zero-order valence-electron chi connectivity index (χ0n) is 7.57. The van der Waals surface area contributed by atoms with Crippen LogP contribution in [0.5, 0.6) is 0 Å². The minimum Gasteiger partial charge on any atom is -0.435 e.